The molecular formula is C52H35N. The third-order valence-corrected chi connectivity index (χ3v) is 10.6. The maximum atomic E-state index is 2.43. The van der Waals surface area contributed by atoms with Crippen molar-refractivity contribution >= 4 is 60.2 Å². The number of hydrogen-bond acceptors (Lipinski definition) is 1. The van der Waals surface area contributed by atoms with Crippen molar-refractivity contribution in [3.63, 3.8) is 0 Å². The Morgan fingerprint density at radius 1 is 0.245 bits per heavy atom. The van der Waals surface area contributed by atoms with Crippen LogP contribution in [0.5, 0.6) is 0 Å². The highest BCUT2D eigenvalue weighted by Gasteiger charge is 2.19. The predicted molar refractivity (Wildman–Crippen MR) is 227 cm³/mol. The summed E-state index contributed by atoms with van der Waals surface area (Å²) in [7, 11) is 0. The molecule has 248 valence electrons. The lowest BCUT2D eigenvalue weighted by Crippen LogP contribution is -2.11. The highest BCUT2D eigenvalue weighted by Crippen LogP contribution is 2.44. The van der Waals surface area contributed by atoms with Crippen molar-refractivity contribution in [3.8, 4) is 33.4 Å². The van der Waals surface area contributed by atoms with Crippen LogP contribution in [0.4, 0.5) is 17.1 Å². The molecule has 0 atom stereocenters. The summed E-state index contributed by atoms with van der Waals surface area (Å²) in [4.78, 5) is 2.43. The maximum Gasteiger partial charge on any atom is 0.0540 e. The van der Waals surface area contributed by atoms with Crippen LogP contribution in [0.15, 0.2) is 212 Å². The average molecular weight is 674 g/mol. The Morgan fingerprint density at radius 3 is 1.21 bits per heavy atom. The first-order valence-electron chi connectivity index (χ1n) is 18.3. The van der Waals surface area contributed by atoms with E-state index in [9.17, 15) is 0 Å². The summed E-state index contributed by atoms with van der Waals surface area (Å²) in [5, 5.41) is 10.1. The van der Waals surface area contributed by atoms with Gasteiger partial charge < -0.3 is 4.90 Å². The van der Waals surface area contributed by atoms with Crippen molar-refractivity contribution in [2.75, 3.05) is 4.90 Å². The quantitative estimate of drug-likeness (QED) is 0.159. The van der Waals surface area contributed by atoms with E-state index in [1.165, 1.54) is 76.5 Å². The van der Waals surface area contributed by atoms with Gasteiger partial charge in [0, 0.05) is 16.9 Å². The molecule has 0 aliphatic rings. The van der Waals surface area contributed by atoms with Crippen molar-refractivity contribution in [3.05, 3.63) is 212 Å². The molecule has 0 fully saturated rings. The van der Waals surface area contributed by atoms with Gasteiger partial charge in [-0.1, -0.05) is 170 Å². The largest absolute Gasteiger partial charge is 0.310 e. The fourth-order valence-electron chi connectivity index (χ4n) is 8.17. The number of rotatable bonds is 6. The summed E-state index contributed by atoms with van der Waals surface area (Å²) in [5.41, 5.74) is 10.5. The van der Waals surface area contributed by atoms with Gasteiger partial charge in [0.1, 0.15) is 0 Å². The molecule has 0 saturated carbocycles. The first-order chi connectivity index (χ1) is 26.3. The lowest BCUT2D eigenvalue weighted by molar-refractivity contribution is 1.28. The van der Waals surface area contributed by atoms with Gasteiger partial charge in [0.05, 0.1) is 5.69 Å². The van der Waals surface area contributed by atoms with Crippen LogP contribution in [0.3, 0.4) is 0 Å². The van der Waals surface area contributed by atoms with Gasteiger partial charge in [0.2, 0.25) is 0 Å². The van der Waals surface area contributed by atoms with Crippen molar-refractivity contribution < 1.29 is 0 Å². The van der Waals surface area contributed by atoms with Gasteiger partial charge in [-0.05, 0) is 113 Å². The second-order valence-corrected chi connectivity index (χ2v) is 13.7. The molecule has 1 nitrogen and oxygen atoms in total. The van der Waals surface area contributed by atoms with Gasteiger partial charge in [0.25, 0.3) is 0 Å². The van der Waals surface area contributed by atoms with Crippen LogP contribution in [-0.2, 0) is 0 Å². The molecule has 0 amide bonds. The van der Waals surface area contributed by atoms with E-state index < -0.39 is 0 Å². The second kappa shape index (κ2) is 13.0. The molecular weight excluding hydrogens is 639 g/mol. The molecule has 0 bridgehead atoms. The third kappa shape index (κ3) is 5.42. The molecule has 1 heteroatoms. The monoisotopic (exact) mass is 673 g/mol. The van der Waals surface area contributed by atoms with E-state index >= 15 is 0 Å². The molecule has 0 radical (unpaired) electrons. The van der Waals surface area contributed by atoms with Crippen LogP contribution < -0.4 is 4.90 Å². The molecule has 0 aliphatic heterocycles. The van der Waals surface area contributed by atoms with E-state index in [-0.39, 0.29) is 0 Å². The molecule has 0 unspecified atom stereocenters. The minimum absolute atomic E-state index is 1.10. The van der Waals surface area contributed by atoms with Gasteiger partial charge in [-0.3, -0.25) is 0 Å². The lowest BCUT2D eigenvalue weighted by atomic mass is 9.92. The Kier molecular flexibility index (Phi) is 7.55. The highest BCUT2D eigenvalue weighted by molar-refractivity contribution is 6.15. The molecule has 10 aromatic rings. The number of anilines is 3. The van der Waals surface area contributed by atoms with Gasteiger partial charge >= 0.3 is 0 Å². The molecule has 0 aliphatic carbocycles. The Hall–Kier alpha value is -6.96. The fraction of sp³-hybridized carbons (Fsp3) is 0. The normalized spacial score (nSPS) is 11.4. The molecule has 53 heavy (non-hydrogen) atoms. The predicted octanol–water partition coefficient (Wildman–Crippen LogP) is 14.8. The van der Waals surface area contributed by atoms with Gasteiger partial charge in [-0.15, -0.1) is 0 Å². The molecule has 0 spiro atoms. The Labute approximate surface area is 309 Å². The Balaban J connectivity index is 1.20. The highest BCUT2D eigenvalue weighted by atomic mass is 15.1. The minimum Gasteiger partial charge on any atom is -0.310 e. The fourth-order valence-corrected chi connectivity index (χ4v) is 8.17. The minimum atomic E-state index is 1.10. The van der Waals surface area contributed by atoms with E-state index in [1.54, 1.807) is 0 Å². The van der Waals surface area contributed by atoms with E-state index in [4.69, 9.17) is 0 Å². The third-order valence-electron chi connectivity index (χ3n) is 10.6. The number of nitrogens with zero attached hydrogens (tertiary/aromatic N) is 1. The van der Waals surface area contributed by atoms with Crippen LogP contribution in [0.25, 0.3) is 76.5 Å². The number of para-hydroxylation sites is 1. The Morgan fingerprint density at radius 2 is 0.660 bits per heavy atom. The summed E-state index contributed by atoms with van der Waals surface area (Å²) in [5.74, 6) is 0. The number of hydrogen-bond donors (Lipinski definition) is 0. The van der Waals surface area contributed by atoms with E-state index in [2.05, 4.69) is 217 Å². The summed E-state index contributed by atoms with van der Waals surface area (Å²) < 4.78 is 0. The standard InChI is InChI=1S/C52H35N/c1-2-16-36(17-3-1)45-26-12-13-31-52(45)53(41-22-14-20-37(32-41)50-34-39-18-4-6-24-43(39)46-27-8-10-29-48(46)50)42-23-15-21-38(33-42)51-35-40-19-5-7-25-44(40)47-28-9-11-30-49(47)51/h1-35H. The van der Waals surface area contributed by atoms with E-state index in [0.29, 0.717) is 0 Å². The summed E-state index contributed by atoms with van der Waals surface area (Å²) in [6.45, 7) is 0. The molecule has 0 N–H and O–H groups in total. The smallest absolute Gasteiger partial charge is 0.0540 e. The molecule has 0 saturated heterocycles. The van der Waals surface area contributed by atoms with E-state index in [1.807, 2.05) is 0 Å². The molecule has 0 aromatic heterocycles. The number of fused-ring (bicyclic) bond motifs is 6. The topological polar surface area (TPSA) is 3.24 Å². The van der Waals surface area contributed by atoms with E-state index in [0.717, 1.165) is 17.1 Å². The van der Waals surface area contributed by atoms with Gasteiger partial charge in [-0.2, -0.15) is 0 Å². The summed E-state index contributed by atoms with van der Waals surface area (Å²) in [6.07, 6.45) is 0. The first kappa shape index (κ1) is 30.8. The van der Waals surface area contributed by atoms with Gasteiger partial charge in [0.15, 0.2) is 0 Å². The SMILES string of the molecule is c1ccc(-c2ccccc2N(c2cccc(-c3cc4ccccc4c4ccccc34)c2)c2cccc(-c3cc4ccccc4c4ccccc34)c2)cc1. The van der Waals surface area contributed by atoms with Crippen molar-refractivity contribution in [2.45, 2.75) is 0 Å². The van der Waals surface area contributed by atoms with Crippen LogP contribution in [0.1, 0.15) is 0 Å². The zero-order valence-corrected chi connectivity index (χ0v) is 29.2. The van der Waals surface area contributed by atoms with Crippen LogP contribution in [0.2, 0.25) is 0 Å². The summed E-state index contributed by atoms with van der Waals surface area (Å²) in [6, 6.07) is 77.3. The van der Waals surface area contributed by atoms with Crippen molar-refractivity contribution in [2.24, 2.45) is 0 Å². The van der Waals surface area contributed by atoms with Crippen LogP contribution >= 0.6 is 0 Å². The maximum absolute atomic E-state index is 2.43. The van der Waals surface area contributed by atoms with Crippen molar-refractivity contribution in [1.82, 2.24) is 0 Å². The second-order valence-electron chi connectivity index (χ2n) is 13.7. The lowest BCUT2D eigenvalue weighted by Gasteiger charge is -2.29. The number of benzene rings is 10. The van der Waals surface area contributed by atoms with Crippen LogP contribution in [0, 0.1) is 0 Å². The summed E-state index contributed by atoms with van der Waals surface area (Å²) >= 11 is 0. The first-order valence-corrected chi connectivity index (χ1v) is 18.3. The Bertz CT molecular complexity index is 2800. The van der Waals surface area contributed by atoms with Gasteiger partial charge in [-0.25, -0.2) is 0 Å². The molecule has 10 aromatic carbocycles. The molecule has 0 heterocycles. The van der Waals surface area contributed by atoms with Crippen LogP contribution in [-0.4, -0.2) is 0 Å². The van der Waals surface area contributed by atoms with Crippen molar-refractivity contribution in [1.29, 1.82) is 0 Å². The average Bonchev–Trinajstić information content (AvgIpc) is 3.24. The zero-order valence-electron chi connectivity index (χ0n) is 29.2. The molecule has 10 rings (SSSR count). The zero-order chi connectivity index (χ0) is 35.1.